The third-order valence-corrected chi connectivity index (χ3v) is 6.67. The van der Waals surface area contributed by atoms with Gasteiger partial charge in [0.1, 0.15) is 0 Å². The fourth-order valence-corrected chi connectivity index (χ4v) is 5.17. The first kappa shape index (κ1) is 19.8. The topological polar surface area (TPSA) is 0 Å². The van der Waals surface area contributed by atoms with Gasteiger partial charge in [-0.15, -0.1) is 0 Å². The van der Waals surface area contributed by atoms with Crippen LogP contribution in [0.5, 0.6) is 0 Å². The fourth-order valence-electron chi connectivity index (χ4n) is 5.17. The van der Waals surface area contributed by atoms with Crippen LogP contribution in [0.3, 0.4) is 0 Å². The predicted molar refractivity (Wildman–Crippen MR) is 108 cm³/mol. The van der Waals surface area contributed by atoms with Gasteiger partial charge in [0.2, 0.25) is 0 Å². The molecular formula is C24H42. The lowest BCUT2D eigenvalue weighted by atomic mass is 9.71. The van der Waals surface area contributed by atoms with E-state index in [1.165, 1.54) is 76.2 Å². The molecule has 0 aliphatic heterocycles. The van der Waals surface area contributed by atoms with E-state index >= 15 is 0 Å². The normalized spacial score (nSPS) is 31.7. The highest BCUT2D eigenvalue weighted by Gasteiger charge is 2.28. The zero-order valence-electron chi connectivity index (χ0n) is 17.0. The van der Waals surface area contributed by atoms with E-state index in [1.807, 2.05) is 0 Å². The van der Waals surface area contributed by atoms with Crippen LogP contribution in [0.4, 0.5) is 0 Å². The molecule has 0 saturated heterocycles. The van der Waals surface area contributed by atoms with Gasteiger partial charge in [-0.3, -0.25) is 0 Å². The summed E-state index contributed by atoms with van der Waals surface area (Å²) in [4.78, 5) is 0. The molecule has 2 fully saturated rings. The van der Waals surface area contributed by atoms with Crippen molar-refractivity contribution in [2.24, 2.45) is 29.1 Å². The molecule has 2 unspecified atom stereocenters. The van der Waals surface area contributed by atoms with E-state index in [-0.39, 0.29) is 0 Å². The van der Waals surface area contributed by atoms with Gasteiger partial charge in [0.25, 0.3) is 0 Å². The third-order valence-electron chi connectivity index (χ3n) is 6.67. The Hall–Kier alpha value is -0.520. The van der Waals surface area contributed by atoms with Crippen LogP contribution in [0.1, 0.15) is 98.3 Å². The van der Waals surface area contributed by atoms with Crippen LogP contribution in [-0.2, 0) is 0 Å². The molecule has 0 aromatic rings. The zero-order valence-corrected chi connectivity index (χ0v) is 17.0. The van der Waals surface area contributed by atoms with Crippen LogP contribution in [-0.4, -0.2) is 0 Å². The van der Waals surface area contributed by atoms with Crippen LogP contribution in [0.25, 0.3) is 0 Å². The Morgan fingerprint density at radius 3 is 2.08 bits per heavy atom. The lowest BCUT2D eigenvalue weighted by Gasteiger charge is -2.35. The van der Waals surface area contributed by atoms with Gasteiger partial charge in [-0.05, 0) is 80.5 Å². The Labute approximate surface area is 152 Å². The Bertz CT molecular complexity index is 414. The second-order valence-electron chi connectivity index (χ2n) is 10.1. The van der Waals surface area contributed by atoms with Crippen molar-refractivity contribution in [1.82, 2.24) is 0 Å². The first-order valence-corrected chi connectivity index (χ1v) is 10.6. The van der Waals surface area contributed by atoms with Crippen molar-refractivity contribution in [3.8, 4) is 0 Å². The second kappa shape index (κ2) is 8.72. The minimum Gasteiger partial charge on any atom is -0.0996 e. The van der Waals surface area contributed by atoms with Gasteiger partial charge in [0, 0.05) is 0 Å². The van der Waals surface area contributed by atoms with Crippen molar-refractivity contribution in [3.63, 3.8) is 0 Å². The number of hydrogen-bond donors (Lipinski definition) is 0. The zero-order chi connectivity index (χ0) is 17.7. The average molecular weight is 331 g/mol. The minimum atomic E-state index is 0.388. The molecule has 2 atom stereocenters. The summed E-state index contributed by atoms with van der Waals surface area (Å²) >= 11 is 0. The maximum Gasteiger partial charge on any atom is -0.0203 e. The van der Waals surface area contributed by atoms with Gasteiger partial charge in [0.15, 0.2) is 0 Å². The van der Waals surface area contributed by atoms with Gasteiger partial charge in [-0.2, -0.15) is 0 Å². The summed E-state index contributed by atoms with van der Waals surface area (Å²) in [5.74, 6) is 3.49. The molecule has 0 aromatic carbocycles. The minimum absolute atomic E-state index is 0.388. The summed E-state index contributed by atoms with van der Waals surface area (Å²) < 4.78 is 0. The van der Waals surface area contributed by atoms with Gasteiger partial charge in [0.05, 0.1) is 0 Å². The highest BCUT2D eigenvalue weighted by molar-refractivity contribution is 5.07. The number of rotatable bonds is 6. The molecular weight excluding hydrogens is 288 g/mol. The summed E-state index contributed by atoms with van der Waals surface area (Å²) in [5.41, 5.74) is 3.49. The Kier molecular flexibility index (Phi) is 7.20. The van der Waals surface area contributed by atoms with Crippen molar-refractivity contribution < 1.29 is 0 Å². The van der Waals surface area contributed by atoms with Crippen molar-refractivity contribution in [1.29, 1.82) is 0 Å². The smallest absolute Gasteiger partial charge is 0.0203 e. The molecule has 0 bridgehead atoms. The first-order valence-electron chi connectivity index (χ1n) is 10.6. The van der Waals surface area contributed by atoms with Crippen LogP contribution >= 0.6 is 0 Å². The average Bonchev–Trinajstić information content (AvgIpc) is 2.54. The molecule has 0 aromatic heterocycles. The monoisotopic (exact) mass is 330 g/mol. The van der Waals surface area contributed by atoms with Crippen LogP contribution in [0.2, 0.25) is 0 Å². The standard InChI is InChI=1S/C24H42/c1-7-20-9-8-10-23(16-20)18(2)15-21-11-13-22(14-12-21)19(3)17-24(4,5)6/h20-23H,2-3,7-17H2,1,4-6H3. The van der Waals surface area contributed by atoms with Crippen LogP contribution < -0.4 is 0 Å². The van der Waals surface area contributed by atoms with Crippen molar-refractivity contribution in [2.45, 2.75) is 98.3 Å². The molecule has 2 saturated carbocycles. The number of allylic oxidation sites excluding steroid dienone is 2. The highest BCUT2D eigenvalue weighted by atomic mass is 14.3. The van der Waals surface area contributed by atoms with E-state index in [4.69, 9.17) is 0 Å². The summed E-state index contributed by atoms with van der Waals surface area (Å²) in [5, 5.41) is 0. The van der Waals surface area contributed by atoms with Crippen LogP contribution in [0, 0.1) is 29.1 Å². The molecule has 2 aliphatic rings. The second-order valence-corrected chi connectivity index (χ2v) is 10.1. The highest BCUT2D eigenvalue weighted by Crippen LogP contribution is 2.42. The predicted octanol–water partition coefficient (Wildman–Crippen LogP) is 7.95. The molecule has 138 valence electrons. The Morgan fingerprint density at radius 2 is 1.50 bits per heavy atom. The maximum atomic E-state index is 4.53. The quantitative estimate of drug-likeness (QED) is 0.433. The van der Waals surface area contributed by atoms with E-state index in [9.17, 15) is 0 Å². The maximum absolute atomic E-state index is 4.53. The molecule has 0 amide bonds. The van der Waals surface area contributed by atoms with E-state index < -0.39 is 0 Å². The molecule has 24 heavy (non-hydrogen) atoms. The van der Waals surface area contributed by atoms with Gasteiger partial charge < -0.3 is 0 Å². The first-order chi connectivity index (χ1) is 11.3. The van der Waals surface area contributed by atoms with E-state index in [1.54, 1.807) is 5.57 Å². The lowest BCUT2D eigenvalue weighted by Crippen LogP contribution is -2.21. The summed E-state index contributed by atoms with van der Waals surface area (Å²) in [6, 6.07) is 0. The molecule has 0 spiro atoms. The SMILES string of the molecule is C=C(CC(C)(C)C)C1CCC(CC(=C)C2CCCC(CC)C2)CC1. The molecule has 0 heteroatoms. The van der Waals surface area contributed by atoms with Crippen LogP contribution in [0.15, 0.2) is 24.3 Å². The summed E-state index contributed by atoms with van der Waals surface area (Å²) in [7, 11) is 0. The van der Waals surface area contributed by atoms with Gasteiger partial charge in [-0.1, -0.05) is 71.3 Å². The molecule has 0 radical (unpaired) electrons. The fraction of sp³-hybridized carbons (Fsp3) is 0.833. The number of hydrogen-bond acceptors (Lipinski definition) is 0. The summed E-state index contributed by atoms with van der Waals surface area (Å²) in [6.45, 7) is 18.3. The van der Waals surface area contributed by atoms with Crippen molar-refractivity contribution in [2.75, 3.05) is 0 Å². The van der Waals surface area contributed by atoms with E-state index in [2.05, 4.69) is 40.9 Å². The van der Waals surface area contributed by atoms with E-state index in [0.717, 1.165) is 23.7 Å². The lowest BCUT2D eigenvalue weighted by molar-refractivity contribution is 0.255. The molecule has 0 nitrogen and oxygen atoms in total. The van der Waals surface area contributed by atoms with Gasteiger partial charge in [-0.25, -0.2) is 0 Å². The summed E-state index contributed by atoms with van der Waals surface area (Å²) in [6.07, 6.45) is 15.1. The van der Waals surface area contributed by atoms with E-state index in [0.29, 0.717) is 5.41 Å². The van der Waals surface area contributed by atoms with Crippen molar-refractivity contribution >= 4 is 0 Å². The molecule has 0 N–H and O–H groups in total. The Morgan fingerprint density at radius 1 is 0.833 bits per heavy atom. The van der Waals surface area contributed by atoms with Crippen molar-refractivity contribution in [3.05, 3.63) is 24.3 Å². The molecule has 2 aliphatic carbocycles. The largest absolute Gasteiger partial charge is 0.0996 e. The molecule has 2 rings (SSSR count). The van der Waals surface area contributed by atoms with Gasteiger partial charge >= 0.3 is 0 Å². The Balaban J connectivity index is 1.74. The third kappa shape index (κ3) is 6.08. The molecule has 0 heterocycles.